The minimum Gasteiger partial charge on any atom is -0.291 e. The van der Waals surface area contributed by atoms with Gasteiger partial charge < -0.3 is 0 Å². The molecule has 0 unspecified atom stereocenters. The third kappa shape index (κ3) is 3.16. The van der Waals surface area contributed by atoms with Crippen LogP contribution in [0.5, 0.6) is 0 Å². The molecule has 1 heterocycles. The van der Waals surface area contributed by atoms with E-state index in [0.717, 1.165) is 11.3 Å². The van der Waals surface area contributed by atoms with Gasteiger partial charge in [0.05, 0.1) is 7.05 Å². The Labute approximate surface area is 143 Å². The summed E-state index contributed by atoms with van der Waals surface area (Å²) in [6, 6.07) is 12.9. The van der Waals surface area contributed by atoms with Crippen molar-refractivity contribution in [1.82, 2.24) is 4.57 Å². The quantitative estimate of drug-likeness (QED) is 0.583. The molecule has 0 aliphatic heterocycles. The Morgan fingerprint density at radius 1 is 1.17 bits per heavy atom. The lowest BCUT2D eigenvalue weighted by molar-refractivity contribution is -0.667. The second kappa shape index (κ2) is 6.45. The summed E-state index contributed by atoms with van der Waals surface area (Å²) in [6.07, 6.45) is 1.79. The second-order valence-electron chi connectivity index (χ2n) is 5.50. The first-order valence-corrected chi connectivity index (χ1v) is 7.73. The van der Waals surface area contributed by atoms with Crippen LogP contribution >= 0.6 is 11.6 Å². The van der Waals surface area contributed by atoms with E-state index in [1.807, 2.05) is 0 Å². The zero-order chi connectivity index (χ0) is 17.3. The number of halogens is 2. The van der Waals surface area contributed by atoms with E-state index >= 15 is 0 Å². The third-order valence-corrected chi connectivity index (χ3v) is 4.15. The van der Waals surface area contributed by atoms with E-state index < -0.39 is 0 Å². The predicted octanol–water partition coefficient (Wildman–Crippen LogP) is 3.24. The van der Waals surface area contributed by atoms with E-state index in [4.69, 9.17) is 17.3 Å². The number of nitrogens with two attached hydrogens (primary N) is 1. The molecule has 0 spiro atoms. The van der Waals surface area contributed by atoms with E-state index in [1.165, 1.54) is 12.1 Å². The summed E-state index contributed by atoms with van der Waals surface area (Å²) in [5.74, 6) is 0.0722. The smallest absolute Gasteiger partial charge is 0.291 e. The van der Waals surface area contributed by atoms with Crippen molar-refractivity contribution in [2.75, 3.05) is 5.73 Å². The van der Waals surface area contributed by atoms with Crippen LogP contribution in [0, 0.1) is 5.82 Å². The van der Waals surface area contributed by atoms with Crippen LogP contribution in [0.2, 0.25) is 5.02 Å². The van der Waals surface area contributed by atoms with Crippen molar-refractivity contribution in [3.63, 3.8) is 0 Å². The number of carbonyl (C=O) groups is 1. The summed E-state index contributed by atoms with van der Waals surface area (Å²) in [4.78, 5) is 12.4. The molecule has 0 radical (unpaired) electrons. The maximum absolute atomic E-state index is 13.1. The van der Waals surface area contributed by atoms with Gasteiger partial charge in [-0.3, -0.25) is 10.5 Å². The average Bonchev–Trinajstić information content (AvgIpc) is 2.85. The highest BCUT2D eigenvalue weighted by atomic mass is 35.5. The lowest BCUT2D eigenvalue weighted by Gasteiger charge is -2.00. The molecule has 6 heteroatoms. The van der Waals surface area contributed by atoms with Crippen LogP contribution in [-0.2, 0) is 13.6 Å². The third-order valence-electron chi connectivity index (χ3n) is 3.90. The first-order valence-electron chi connectivity index (χ1n) is 7.35. The minimum atomic E-state index is -0.299. The Balaban J connectivity index is 1.89. The van der Waals surface area contributed by atoms with Crippen LogP contribution in [0.1, 0.15) is 10.4 Å². The number of hydrogen-bond acceptors (Lipinski definition) is 2. The first-order chi connectivity index (χ1) is 11.5. The lowest BCUT2D eigenvalue weighted by Crippen LogP contribution is -2.39. The molecule has 0 aliphatic rings. The molecule has 2 N–H and O–H groups in total. The van der Waals surface area contributed by atoms with Gasteiger partial charge in [0.25, 0.3) is 0 Å². The van der Waals surface area contributed by atoms with Gasteiger partial charge >= 0.3 is 5.95 Å². The largest absolute Gasteiger partial charge is 0.355 e. The number of benzene rings is 2. The molecule has 0 aliphatic carbocycles. The number of rotatable bonds is 4. The summed E-state index contributed by atoms with van der Waals surface area (Å²) in [5.41, 5.74) is 8.29. The van der Waals surface area contributed by atoms with Crippen LogP contribution in [0.25, 0.3) is 11.3 Å². The molecule has 24 heavy (non-hydrogen) atoms. The number of hydrogen-bond donors (Lipinski definition) is 1. The van der Waals surface area contributed by atoms with Crippen molar-refractivity contribution in [2.45, 2.75) is 6.54 Å². The molecule has 1 aromatic heterocycles. The molecular weight excluding hydrogens is 329 g/mol. The van der Waals surface area contributed by atoms with Crippen LogP contribution in [-0.4, -0.2) is 10.4 Å². The highest BCUT2D eigenvalue weighted by Crippen LogP contribution is 2.20. The lowest BCUT2D eigenvalue weighted by atomic mass is 10.1. The highest BCUT2D eigenvalue weighted by Gasteiger charge is 2.20. The number of anilines is 1. The molecule has 0 saturated carbocycles. The predicted molar refractivity (Wildman–Crippen MR) is 91.2 cm³/mol. The van der Waals surface area contributed by atoms with E-state index in [1.54, 1.807) is 58.8 Å². The number of carbonyl (C=O) groups excluding carboxylic acids is 1. The Morgan fingerprint density at radius 2 is 1.79 bits per heavy atom. The standard InChI is InChI=1S/C18H15ClFN3O/c1-22-16(12-4-8-15(20)9-5-12)10-23(18(22)21)11-17(24)13-2-6-14(19)7-3-13/h2-10,21H,11H2,1H3/p+1. The number of aromatic nitrogens is 2. The Hall–Kier alpha value is -2.66. The minimum absolute atomic E-state index is 0.0698. The van der Waals surface area contributed by atoms with Crippen LogP contribution in [0.4, 0.5) is 10.3 Å². The normalized spacial score (nSPS) is 10.8. The zero-order valence-electron chi connectivity index (χ0n) is 13.0. The van der Waals surface area contributed by atoms with Crippen LogP contribution < -0.4 is 10.3 Å². The van der Waals surface area contributed by atoms with E-state index in [9.17, 15) is 9.18 Å². The van der Waals surface area contributed by atoms with Crippen molar-refractivity contribution in [3.8, 4) is 11.3 Å². The van der Waals surface area contributed by atoms with Gasteiger partial charge in [-0.15, -0.1) is 0 Å². The maximum Gasteiger partial charge on any atom is 0.355 e. The van der Waals surface area contributed by atoms with Crippen molar-refractivity contribution < 1.29 is 13.8 Å². The van der Waals surface area contributed by atoms with Gasteiger partial charge in [-0.2, -0.15) is 0 Å². The number of Topliss-reactive ketones (excluding diaryl/α,β-unsaturated/α-hetero) is 1. The molecule has 0 amide bonds. The number of imidazole rings is 1. The topological polar surface area (TPSA) is 51.9 Å². The van der Waals surface area contributed by atoms with Crippen molar-refractivity contribution in [1.29, 1.82) is 0 Å². The van der Waals surface area contributed by atoms with Crippen molar-refractivity contribution in [3.05, 3.63) is 71.1 Å². The Morgan fingerprint density at radius 3 is 2.42 bits per heavy atom. The van der Waals surface area contributed by atoms with Crippen LogP contribution in [0.15, 0.2) is 54.7 Å². The zero-order valence-corrected chi connectivity index (χ0v) is 13.8. The second-order valence-corrected chi connectivity index (χ2v) is 5.93. The summed E-state index contributed by atoms with van der Waals surface area (Å²) in [6.45, 7) is 0.114. The number of ketones is 1. The summed E-state index contributed by atoms with van der Waals surface area (Å²) in [5, 5.41) is 0.581. The first kappa shape index (κ1) is 16.2. The Kier molecular flexibility index (Phi) is 4.36. The molecule has 0 bridgehead atoms. The van der Waals surface area contributed by atoms with Gasteiger partial charge in [0, 0.05) is 16.1 Å². The summed E-state index contributed by atoms with van der Waals surface area (Å²) < 4.78 is 16.5. The molecule has 4 nitrogen and oxygen atoms in total. The van der Waals surface area contributed by atoms with Gasteiger partial charge in [-0.25, -0.2) is 13.5 Å². The fourth-order valence-electron chi connectivity index (χ4n) is 2.51. The van der Waals surface area contributed by atoms with Gasteiger partial charge in [-0.05, 0) is 48.5 Å². The van der Waals surface area contributed by atoms with Crippen LogP contribution in [0.3, 0.4) is 0 Å². The molecule has 122 valence electrons. The van der Waals surface area contributed by atoms with E-state index in [0.29, 0.717) is 16.5 Å². The van der Waals surface area contributed by atoms with Crippen molar-refractivity contribution in [2.24, 2.45) is 7.05 Å². The molecule has 3 rings (SSSR count). The Bertz CT molecular complexity index is 886. The van der Waals surface area contributed by atoms with E-state index in [-0.39, 0.29) is 18.1 Å². The molecule has 0 atom stereocenters. The van der Waals surface area contributed by atoms with Gasteiger partial charge in [-0.1, -0.05) is 11.6 Å². The summed E-state index contributed by atoms with van der Waals surface area (Å²) >= 11 is 5.84. The molecule has 3 aromatic rings. The van der Waals surface area contributed by atoms with Gasteiger partial charge in [0.1, 0.15) is 24.3 Å². The monoisotopic (exact) mass is 344 g/mol. The molecular formula is C18H16ClFN3O+. The number of nitrogen functional groups attached to an aromatic ring is 1. The van der Waals surface area contributed by atoms with E-state index in [2.05, 4.69) is 0 Å². The molecule has 2 aromatic carbocycles. The fraction of sp³-hybridized carbons (Fsp3) is 0.111. The average molecular weight is 345 g/mol. The highest BCUT2D eigenvalue weighted by molar-refractivity contribution is 6.30. The number of nitrogens with zero attached hydrogens (tertiary/aromatic N) is 2. The van der Waals surface area contributed by atoms with Crippen molar-refractivity contribution >= 4 is 23.3 Å². The fourth-order valence-corrected chi connectivity index (χ4v) is 2.64. The summed E-state index contributed by atoms with van der Waals surface area (Å²) in [7, 11) is 1.80. The maximum atomic E-state index is 13.1. The SMILES string of the molecule is Cn1c(-c2ccc(F)cc2)c[n+](CC(=O)c2ccc(Cl)cc2)c1N. The molecule has 0 fully saturated rings. The molecule has 0 saturated heterocycles. The van der Waals surface area contributed by atoms with Gasteiger partial charge in [0.2, 0.25) is 0 Å². The van der Waals surface area contributed by atoms with Gasteiger partial charge in [0.15, 0.2) is 5.78 Å².